The fourth-order valence-electron chi connectivity index (χ4n) is 2.38. The molecule has 0 fully saturated rings. The lowest BCUT2D eigenvalue weighted by Gasteiger charge is -2.12. The van der Waals surface area contributed by atoms with Crippen molar-refractivity contribution in [2.24, 2.45) is 5.10 Å². The predicted octanol–water partition coefficient (Wildman–Crippen LogP) is 2.32. The molecular formula is C17H15N3O4S. The summed E-state index contributed by atoms with van der Waals surface area (Å²) in [5, 5.41) is 5.41. The summed E-state index contributed by atoms with van der Waals surface area (Å²) < 4.78 is 31.2. The molecule has 1 amide bonds. The van der Waals surface area contributed by atoms with Crippen LogP contribution < -0.4 is 10.7 Å². The Kier molecular flexibility index (Phi) is 4.15. The minimum atomic E-state index is -4.28. The van der Waals surface area contributed by atoms with Gasteiger partial charge in [0.15, 0.2) is 0 Å². The van der Waals surface area contributed by atoms with E-state index in [0.717, 1.165) is 5.56 Å². The van der Waals surface area contributed by atoms with Crippen LogP contribution in [0.15, 0.2) is 64.1 Å². The van der Waals surface area contributed by atoms with Gasteiger partial charge in [-0.15, -0.1) is 0 Å². The number of nitrogen functional groups attached to an aromatic ring is 1. The molecule has 0 aromatic heterocycles. The third-order valence-corrected chi connectivity index (χ3v) is 4.56. The predicted molar refractivity (Wildman–Crippen MR) is 95.7 cm³/mol. The normalized spacial score (nSPS) is 16.4. The summed E-state index contributed by atoms with van der Waals surface area (Å²) in [4.78, 5) is 12.4. The fourth-order valence-corrected chi connectivity index (χ4v) is 2.86. The molecule has 25 heavy (non-hydrogen) atoms. The molecule has 3 N–H and O–H groups in total. The van der Waals surface area contributed by atoms with E-state index < -0.39 is 10.1 Å². The number of nitrogens with two attached hydrogens (primary N) is 1. The van der Waals surface area contributed by atoms with Gasteiger partial charge >= 0.3 is 0 Å². The van der Waals surface area contributed by atoms with E-state index in [9.17, 15) is 13.2 Å². The number of amides is 1. The second kappa shape index (κ2) is 6.15. The van der Waals surface area contributed by atoms with Crippen LogP contribution in [-0.4, -0.2) is 24.6 Å². The standard InChI is InChI=1S/C17H15N3O4S/c1-11-16(10-12-2-4-13(18)5-3-12)17(21)20(19-11)14-6-8-15(9-7-14)25(22,23)24/h2-10H,18H2,1H3,(H,22,23,24). The Morgan fingerprint density at radius 1 is 1.08 bits per heavy atom. The summed E-state index contributed by atoms with van der Waals surface area (Å²) in [6.45, 7) is 1.72. The third kappa shape index (κ3) is 3.44. The van der Waals surface area contributed by atoms with E-state index in [1.54, 1.807) is 37.3 Å². The summed E-state index contributed by atoms with van der Waals surface area (Å²) in [7, 11) is -4.28. The van der Waals surface area contributed by atoms with Crippen LogP contribution in [0.5, 0.6) is 0 Å². The van der Waals surface area contributed by atoms with Gasteiger partial charge in [-0.2, -0.15) is 18.5 Å². The molecule has 8 heteroatoms. The van der Waals surface area contributed by atoms with Crippen LogP contribution in [0.4, 0.5) is 11.4 Å². The first-order valence-corrected chi connectivity index (χ1v) is 8.74. The van der Waals surface area contributed by atoms with Crippen LogP contribution in [0.25, 0.3) is 6.08 Å². The molecule has 0 bridgehead atoms. The zero-order valence-electron chi connectivity index (χ0n) is 13.2. The van der Waals surface area contributed by atoms with E-state index in [1.807, 2.05) is 0 Å². The number of nitrogens with zero attached hydrogens (tertiary/aromatic N) is 2. The summed E-state index contributed by atoms with van der Waals surface area (Å²) in [5.41, 5.74) is 8.47. The van der Waals surface area contributed by atoms with E-state index in [-0.39, 0.29) is 10.8 Å². The van der Waals surface area contributed by atoms with E-state index in [4.69, 9.17) is 10.3 Å². The molecule has 1 aliphatic heterocycles. The van der Waals surface area contributed by atoms with Crippen LogP contribution in [0.1, 0.15) is 12.5 Å². The van der Waals surface area contributed by atoms with Gasteiger partial charge in [-0.3, -0.25) is 9.35 Å². The average molecular weight is 357 g/mol. The Morgan fingerprint density at radius 3 is 2.24 bits per heavy atom. The second-order valence-electron chi connectivity index (χ2n) is 5.50. The maximum Gasteiger partial charge on any atom is 0.294 e. The summed E-state index contributed by atoms with van der Waals surface area (Å²) in [6.07, 6.45) is 1.72. The van der Waals surface area contributed by atoms with E-state index in [0.29, 0.717) is 22.7 Å². The number of hydrazone groups is 1. The van der Waals surface area contributed by atoms with Crippen molar-refractivity contribution in [1.82, 2.24) is 0 Å². The largest absolute Gasteiger partial charge is 0.399 e. The second-order valence-corrected chi connectivity index (χ2v) is 6.92. The number of anilines is 2. The number of carbonyl (C=O) groups is 1. The molecule has 1 heterocycles. The van der Waals surface area contributed by atoms with Crippen molar-refractivity contribution in [3.63, 3.8) is 0 Å². The molecule has 1 aliphatic rings. The minimum Gasteiger partial charge on any atom is -0.399 e. The van der Waals surface area contributed by atoms with Gasteiger partial charge in [0.05, 0.1) is 21.9 Å². The SMILES string of the molecule is CC1=NN(c2ccc(S(=O)(=O)O)cc2)C(=O)C1=Cc1ccc(N)cc1. The van der Waals surface area contributed by atoms with Gasteiger partial charge in [0.2, 0.25) is 0 Å². The van der Waals surface area contributed by atoms with Crippen LogP contribution >= 0.6 is 0 Å². The monoisotopic (exact) mass is 357 g/mol. The summed E-state index contributed by atoms with van der Waals surface area (Å²) in [6, 6.07) is 12.3. The highest BCUT2D eigenvalue weighted by atomic mass is 32.2. The Balaban J connectivity index is 1.91. The van der Waals surface area contributed by atoms with E-state index in [2.05, 4.69) is 5.10 Å². The van der Waals surface area contributed by atoms with Crippen molar-refractivity contribution in [2.45, 2.75) is 11.8 Å². The van der Waals surface area contributed by atoms with Crippen LogP contribution in [0, 0.1) is 0 Å². The third-order valence-electron chi connectivity index (χ3n) is 3.69. The van der Waals surface area contributed by atoms with Crippen molar-refractivity contribution < 1.29 is 17.8 Å². The molecule has 0 atom stereocenters. The van der Waals surface area contributed by atoms with Crippen molar-refractivity contribution in [2.75, 3.05) is 10.7 Å². The van der Waals surface area contributed by atoms with Crippen LogP contribution in [0.3, 0.4) is 0 Å². The van der Waals surface area contributed by atoms with Crippen LogP contribution in [0.2, 0.25) is 0 Å². The molecule has 0 radical (unpaired) electrons. The summed E-state index contributed by atoms with van der Waals surface area (Å²) >= 11 is 0. The number of hydrogen-bond donors (Lipinski definition) is 2. The molecule has 0 saturated heterocycles. The van der Waals surface area contributed by atoms with Crippen molar-refractivity contribution in [1.29, 1.82) is 0 Å². The Hall–Kier alpha value is -2.97. The Morgan fingerprint density at radius 2 is 1.68 bits per heavy atom. The average Bonchev–Trinajstić information content (AvgIpc) is 2.84. The zero-order chi connectivity index (χ0) is 18.2. The summed E-state index contributed by atoms with van der Waals surface area (Å²) in [5.74, 6) is -0.325. The first kappa shape index (κ1) is 16.9. The molecule has 7 nitrogen and oxygen atoms in total. The van der Waals surface area contributed by atoms with Crippen molar-refractivity contribution in [3.8, 4) is 0 Å². The number of carbonyl (C=O) groups excluding carboxylic acids is 1. The highest BCUT2D eigenvalue weighted by Gasteiger charge is 2.28. The van der Waals surface area contributed by atoms with Crippen molar-refractivity contribution in [3.05, 3.63) is 59.7 Å². The Labute approximate surface area is 144 Å². The maximum atomic E-state index is 12.6. The van der Waals surface area contributed by atoms with Gasteiger partial charge in [0.1, 0.15) is 0 Å². The zero-order valence-corrected chi connectivity index (χ0v) is 14.1. The van der Waals surface area contributed by atoms with E-state index >= 15 is 0 Å². The first-order valence-electron chi connectivity index (χ1n) is 7.30. The molecule has 2 aromatic rings. The molecule has 0 saturated carbocycles. The first-order chi connectivity index (χ1) is 11.8. The van der Waals surface area contributed by atoms with Gasteiger partial charge in [-0.1, -0.05) is 12.1 Å². The molecule has 2 aromatic carbocycles. The van der Waals surface area contributed by atoms with E-state index in [1.165, 1.54) is 29.3 Å². The molecular weight excluding hydrogens is 342 g/mol. The fraction of sp³-hybridized carbons (Fsp3) is 0.0588. The minimum absolute atomic E-state index is 0.249. The lowest BCUT2D eigenvalue weighted by atomic mass is 10.1. The molecule has 0 aliphatic carbocycles. The highest BCUT2D eigenvalue weighted by Crippen LogP contribution is 2.26. The van der Waals surface area contributed by atoms with Crippen molar-refractivity contribution >= 4 is 39.2 Å². The van der Waals surface area contributed by atoms with Gasteiger partial charge < -0.3 is 5.73 Å². The molecule has 0 spiro atoms. The molecule has 128 valence electrons. The quantitative estimate of drug-likeness (QED) is 0.497. The Bertz CT molecular complexity index is 991. The maximum absolute atomic E-state index is 12.6. The smallest absolute Gasteiger partial charge is 0.294 e. The number of hydrogen-bond acceptors (Lipinski definition) is 5. The molecule has 0 unspecified atom stereocenters. The lowest BCUT2D eigenvalue weighted by molar-refractivity contribution is -0.114. The van der Waals surface area contributed by atoms with Crippen LogP contribution in [-0.2, 0) is 14.9 Å². The number of benzene rings is 2. The lowest BCUT2D eigenvalue weighted by Crippen LogP contribution is -2.21. The number of rotatable bonds is 3. The van der Waals surface area contributed by atoms with Gasteiger partial charge in [0, 0.05) is 5.69 Å². The van der Waals surface area contributed by atoms with Gasteiger partial charge in [-0.25, -0.2) is 0 Å². The topological polar surface area (TPSA) is 113 Å². The highest BCUT2D eigenvalue weighted by molar-refractivity contribution is 7.85. The molecule has 3 rings (SSSR count). The van der Waals surface area contributed by atoms with Gasteiger partial charge in [0.25, 0.3) is 16.0 Å². The van der Waals surface area contributed by atoms with Gasteiger partial charge in [-0.05, 0) is 55.0 Å².